The first-order valence-electron chi connectivity index (χ1n) is 19.6. The minimum absolute atomic E-state index is 1.09. The Morgan fingerprint density at radius 2 is 0.702 bits per heavy atom. The summed E-state index contributed by atoms with van der Waals surface area (Å²) in [6.45, 7) is 0. The first-order chi connectivity index (χ1) is 28.3. The predicted molar refractivity (Wildman–Crippen MR) is 243 cm³/mol. The molecule has 0 heterocycles. The molecule has 0 amide bonds. The van der Waals surface area contributed by atoms with Crippen LogP contribution in [0.1, 0.15) is 0 Å². The van der Waals surface area contributed by atoms with Crippen molar-refractivity contribution in [1.82, 2.24) is 0 Å². The minimum Gasteiger partial charge on any atom is -0.309 e. The summed E-state index contributed by atoms with van der Waals surface area (Å²) in [5.74, 6) is 0. The van der Waals surface area contributed by atoms with Crippen LogP contribution in [0, 0.1) is 0 Å². The van der Waals surface area contributed by atoms with E-state index in [9.17, 15) is 0 Å². The summed E-state index contributed by atoms with van der Waals surface area (Å²) in [5.41, 5.74) is 15.2. The molecule has 0 unspecified atom stereocenters. The third-order valence-electron chi connectivity index (χ3n) is 11.1. The molecule has 0 saturated heterocycles. The van der Waals surface area contributed by atoms with Gasteiger partial charge in [-0.1, -0.05) is 206 Å². The summed E-state index contributed by atoms with van der Waals surface area (Å²) < 4.78 is 0. The Morgan fingerprint density at radius 3 is 1.46 bits per heavy atom. The van der Waals surface area contributed by atoms with Crippen LogP contribution in [0.5, 0.6) is 0 Å². The molecule has 10 aromatic carbocycles. The molecule has 0 aliphatic rings. The van der Waals surface area contributed by atoms with Gasteiger partial charge in [0.25, 0.3) is 0 Å². The number of rotatable bonds is 8. The van der Waals surface area contributed by atoms with E-state index in [2.05, 4.69) is 241 Å². The Bertz CT molecular complexity index is 2990. The van der Waals surface area contributed by atoms with Gasteiger partial charge < -0.3 is 4.90 Å². The van der Waals surface area contributed by atoms with E-state index in [0.717, 1.165) is 22.6 Å². The number of anilines is 3. The van der Waals surface area contributed by atoms with Crippen LogP contribution in [0.2, 0.25) is 0 Å². The normalized spacial score (nSPS) is 11.2. The van der Waals surface area contributed by atoms with Gasteiger partial charge in [-0.25, -0.2) is 0 Å². The average Bonchev–Trinajstić information content (AvgIpc) is 3.30. The van der Waals surface area contributed by atoms with Gasteiger partial charge in [0.05, 0.1) is 11.4 Å². The Labute approximate surface area is 334 Å². The Hall–Kier alpha value is -7.48. The number of hydrogen-bond acceptors (Lipinski definition) is 1. The molecule has 0 atom stereocenters. The maximum atomic E-state index is 2.45. The molecule has 57 heavy (non-hydrogen) atoms. The molecule has 0 fully saturated rings. The number of fused-ring (bicyclic) bond motifs is 2. The van der Waals surface area contributed by atoms with Crippen molar-refractivity contribution in [3.63, 3.8) is 0 Å². The highest BCUT2D eigenvalue weighted by molar-refractivity contribution is 6.04. The smallest absolute Gasteiger partial charge is 0.0540 e. The van der Waals surface area contributed by atoms with Gasteiger partial charge in [-0.05, 0) is 96.6 Å². The SMILES string of the molecule is c1ccc(-c2ccc(-c3ccccc3-c3ccccc3)c(-c3ccccc3N(c3ccc(-c4cccc5ccccc45)cc3)c3cccc4ccccc34)c2)cc1. The standard InChI is InChI=1S/C56H39N/c1-3-17-40(18-4-1)45-35-38-52(51-28-12-11-26-49(51)41-19-5-2-6-20-41)54(39-45)53-29-13-14-31-56(53)57(55-32-16-24-43-22-8-10-27-50(43)55)46-36-33-44(34-37-46)48-30-15-23-42-21-7-9-25-47(42)48/h1-39H. The molecule has 0 spiro atoms. The molecule has 0 aromatic heterocycles. The minimum atomic E-state index is 1.09. The van der Waals surface area contributed by atoms with Crippen LogP contribution in [-0.4, -0.2) is 0 Å². The molecule has 0 aliphatic heterocycles. The van der Waals surface area contributed by atoms with Crippen molar-refractivity contribution < 1.29 is 0 Å². The molecule has 0 radical (unpaired) electrons. The van der Waals surface area contributed by atoms with E-state index in [0.29, 0.717) is 0 Å². The fourth-order valence-corrected chi connectivity index (χ4v) is 8.37. The predicted octanol–water partition coefficient (Wildman–Crippen LogP) is 15.8. The van der Waals surface area contributed by atoms with Crippen LogP contribution in [-0.2, 0) is 0 Å². The topological polar surface area (TPSA) is 3.24 Å². The maximum absolute atomic E-state index is 2.45. The monoisotopic (exact) mass is 725 g/mol. The molecule has 0 saturated carbocycles. The van der Waals surface area contributed by atoms with Crippen molar-refractivity contribution in [2.24, 2.45) is 0 Å². The van der Waals surface area contributed by atoms with Crippen LogP contribution >= 0.6 is 0 Å². The maximum Gasteiger partial charge on any atom is 0.0540 e. The van der Waals surface area contributed by atoms with E-state index in [1.165, 1.54) is 71.6 Å². The second kappa shape index (κ2) is 15.0. The number of nitrogens with zero attached hydrogens (tertiary/aromatic N) is 1. The fraction of sp³-hybridized carbons (Fsp3) is 0. The van der Waals surface area contributed by atoms with E-state index in [1.807, 2.05) is 0 Å². The molecule has 0 N–H and O–H groups in total. The molecule has 1 nitrogen and oxygen atoms in total. The van der Waals surface area contributed by atoms with Gasteiger partial charge in [-0.2, -0.15) is 0 Å². The molecule has 10 rings (SSSR count). The zero-order chi connectivity index (χ0) is 38.0. The van der Waals surface area contributed by atoms with E-state index < -0.39 is 0 Å². The van der Waals surface area contributed by atoms with Crippen molar-refractivity contribution in [3.8, 4) is 55.6 Å². The van der Waals surface area contributed by atoms with Gasteiger partial charge in [-0.3, -0.25) is 0 Å². The van der Waals surface area contributed by atoms with Gasteiger partial charge in [0, 0.05) is 16.6 Å². The second-order valence-electron chi connectivity index (χ2n) is 14.5. The summed E-state index contributed by atoms with van der Waals surface area (Å²) in [6, 6.07) is 85.8. The highest BCUT2D eigenvalue weighted by Crippen LogP contribution is 2.48. The lowest BCUT2D eigenvalue weighted by Crippen LogP contribution is -2.12. The summed E-state index contributed by atoms with van der Waals surface area (Å²) in [6.07, 6.45) is 0. The Balaban J connectivity index is 1.21. The van der Waals surface area contributed by atoms with Crippen LogP contribution in [0.3, 0.4) is 0 Å². The molecule has 0 aliphatic carbocycles. The Kier molecular flexibility index (Phi) is 8.95. The number of para-hydroxylation sites is 1. The van der Waals surface area contributed by atoms with Crippen LogP contribution < -0.4 is 4.90 Å². The van der Waals surface area contributed by atoms with E-state index >= 15 is 0 Å². The van der Waals surface area contributed by atoms with Crippen LogP contribution in [0.4, 0.5) is 17.1 Å². The summed E-state index contributed by atoms with van der Waals surface area (Å²) in [7, 11) is 0. The highest BCUT2D eigenvalue weighted by Gasteiger charge is 2.22. The molecule has 0 bridgehead atoms. The first-order valence-corrected chi connectivity index (χ1v) is 19.6. The summed E-state index contributed by atoms with van der Waals surface area (Å²) in [5, 5.41) is 4.90. The zero-order valence-electron chi connectivity index (χ0n) is 31.5. The lowest BCUT2D eigenvalue weighted by atomic mass is 9.86. The van der Waals surface area contributed by atoms with Gasteiger partial charge in [-0.15, -0.1) is 0 Å². The molecule has 1 heteroatoms. The second-order valence-corrected chi connectivity index (χ2v) is 14.5. The van der Waals surface area contributed by atoms with Gasteiger partial charge in [0.15, 0.2) is 0 Å². The third kappa shape index (κ3) is 6.46. The van der Waals surface area contributed by atoms with Crippen molar-refractivity contribution >= 4 is 38.6 Å². The fourth-order valence-electron chi connectivity index (χ4n) is 8.37. The number of hydrogen-bond donors (Lipinski definition) is 0. The quantitative estimate of drug-likeness (QED) is 0.151. The molecule has 268 valence electrons. The van der Waals surface area contributed by atoms with Gasteiger partial charge in [0.2, 0.25) is 0 Å². The van der Waals surface area contributed by atoms with E-state index in [1.54, 1.807) is 0 Å². The molecular formula is C56H39N. The van der Waals surface area contributed by atoms with E-state index in [4.69, 9.17) is 0 Å². The zero-order valence-corrected chi connectivity index (χ0v) is 31.5. The van der Waals surface area contributed by atoms with Crippen LogP contribution in [0.15, 0.2) is 237 Å². The largest absolute Gasteiger partial charge is 0.309 e. The summed E-state index contributed by atoms with van der Waals surface area (Å²) in [4.78, 5) is 2.45. The Morgan fingerprint density at radius 1 is 0.228 bits per heavy atom. The van der Waals surface area contributed by atoms with Crippen molar-refractivity contribution in [2.45, 2.75) is 0 Å². The van der Waals surface area contributed by atoms with Crippen molar-refractivity contribution in [3.05, 3.63) is 237 Å². The van der Waals surface area contributed by atoms with E-state index in [-0.39, 0.29) is 0 Å². The summed E-state index contributed by atoms with van der Waals surface area (Å²) >= 11 is 0. The number of benzene rings is 10. The average molecular weight is 726 g/mol. The lowest BCUT2D eigenvalue weighted by Gasteiger charge is -2.30. The third-order valence-corrected chi connectivity index (χ3v) is 11.1. The van der Waals surface area contributed by atoms with Crippen molar-refractivity contribution in [1.29, 1.82) is 0 Å². The van der Waals surface area contributed by atoms with Crippen molar-refractivity contribution in [2.75, 3.05) is 4.90 Å². The van der Waals surface area contributed by atoms with Crippen LogP contribution in [0.25, 0.3) is 77.2 Å². The van der Waals surface area contributed by atoms with Gasteiger partial charge in [0.1, 0.15) is 0 Å². The first kappa shape index (κ1) is 34.0. The lowest BCUT2D eigenvalue weighted by molar-refractivity contribution is 1.30. The molecular weight excluding hydrogens is 687 g/mol. The molecule has 10 aromatic rings. The van der Waals surface area contributed by atoms with Gasteiger partial charge >= 0.3 is 0 Å². The highest BCUT2D eigenvalue weighted by atomic mass is 15.1.